The number of nitrogens with zero attached hydrogens (tertiary/aromatic N) is 2. The molecule has 3 aromatic rings. The number of hydrogen-bond donors (Lipinski definition) is 1. The Morgan fingerprint density at radius 1 is 1.21 bits per heavy atom. The molecule has 152 valence electrons. The van der Waals surface area contributed by atoms with Gasteiger partial charge in [0.15, 0.2) is 11.6 Å². The second kappa shape index (κ2) is 9.32. The highest BCUT2D eigenvalue weighted by Crippen LogP contribution is 2.30. The van der Waals surface area contributed by atoms with Crippen molar-refractivity contribution < 1.29 is 23.5 Å². The third-order valence-electron chi connectivity index (χ3n) is 4.08. The lowest BCUT2D eigenvalue weighted by Gasteiger charge is -2.22. The Morgan fingerprint density at radius 2 is 2.00 bits per heavy atom. The highest BCUT2D eigenvalue weighted by Gasteiger charge is 2.21. The number of thioether (sulfide) groups is 1. The van der Waals surface area contributed by atoms with Crippen molar-refractivity contribution in [2.45, 2.75) is 31.2 Å². The van der Waals surface area contributed by atoms with Crippen molar-refractivity contribution in [3.63, 3.8) is 0 Å². The first-order valence-corrected chi connectivity index (χ1v) is 10.7. The zero-order chi connectivity index (χ0) is 21.0. The number of anilines is 1. The number of carboxylic acid groups (broad SMARTS) is 1. The zero-order valence-electron chi connectivity index (χ0n) is 15.5. The first kappa shape index (κ1) is 21.2. The molecule has 1 amide bonds. The van der Waals surface area contributed by atoms with Gasteiger partial charge in [-0.05, 0) is 36.1 Å². The fraction of sp³-hybridized carbons (Fsp3) is 0.250. The lowest BCUT2D eigenvalue weighted by molar-refractivity contribution is -0.138. The number of aromatic nitrogens is 1. The summed E-state index contributed by atoms with van der Waals surface area (Å²) in [6.07, 6.45) is -0.465. The third-order valence-corrected chi connectivity index (χ3v) is 5.97. The summed E-state index contributed by atoms with van der Waals surface area (Å²) in [5.41, 5.74) is 0.531. The van der Waals surface area contributed by atoms with Crippen LogP contribution < -0.4 is 4.90 Å². The molecule has 5 nitrogen and oxygen atoms in total. The summed E-state index contributed by atoms with van der Waals surface area (Å²) < 4.78 is 28.0. The molecule has 1 heterocycles. The van der Waals surface area contributed by atoms with Crippen LogP contribution in [-0.4, -0.2) is 27.7 Å². The lowest BCUT2D eigenvalue weighted by atomic mass is 10.2. The highest BCUT2D eigenvalue weighted by atomic mass is 32.2. The largest absolute Gasteiger partial charge is 0.481 e. The molecule has 9 heteroatoms. The van der Waals surface area contributed by atoms with Gasteiger partial charge in [0.25, 0.3) is 0 Å². The molecule has 0 atom stereocenters. The monoisotopic (exact) mass is 436 g/mol. The van der Waals surface area contributed by atoms with Crippen LogP contribution in [0.4, 0.5) is 14.5 Å². The maximum Gasteiger partial charge on any atom is 0.303 e. The van der Waals surface area contributed by atoms with Gasteiger partial charge in [0.2, 0.25) is 5.91 Å². The van der Waals surface area contributed by atoms with Gasteiger partial charge < -0.3 is 10.0 Å². The smallest absolute Gasteiger partial charge is 0.303 e. The lowest BCUT2D eigenvalue weighted by Crippen LogP contribution is -2.30. The number of halogens is 2. The van der Waals surface area contributed by atoms with E-state index >= 15 is 0 Å². The Labute approximate surface area is 174 Å². The van der Waals surface area contributed by atoms with Crippen molar-refractivity contribution in [1.29, 1.82) is 0 Å². The van der Waals surface area contributed by atoms with Crippen LogP contribution in [0, 0.1) is 11.6 Å². The maximum atomic E-state index is 14.0. The summed E-state index contributed by atoms with van der Waals surface area (Å²) in [5.74, 6) is -2.58. The number of carbonyl (C=O) groups excluding carboxylic acids is 1. The van der Waals surface area contributed by atoms with E-state index < -0.39 is 17.6 Å². The van der Waals surface area contributed by atoms with Crippen LogP contribution in [0.15, 0.2) is 41.3 Å². The van der Waals surface area contributed by atoms with Crippen LogP contribution in [-0.2, 0) is 16.1 Å². The fourth-order valence-corrected chi connectivity index (χ4v) is 4.43. The molecule has 29 heavy (non-hydrogen) atoms. The summed E-state index contributed by atoms with van der Waals surface area (Å²) in [4.78, 5) is 30.2. The van der Waals surface area contributed by atoms with Crippen molar-refractivity contribution in [2.75, 3.05) is 10.7 Å². The standard InChI is InChI=1S/C20H18F2N2O3S2/c1-2-28-13-5-3-4-12(10-13)24(17(25)8-9-18(26)27)11-16-23-20-15(29-16)7-6-14(21)19(20)22/h3-7,10H,2,8-9,11H2,1H3,(H,26,27). The van der Waals surface area contributed by atoms with Gasteiger partial charge in [0.1, 0.15) is 10.5 Å². The Bertz CT molecular complexity index is 1060. The summed E-state index contributed by atoms with van der Waals surface area (Å²) in [6, 6.07) is 9.84. The fourth-order valence-electron chi connectivity index (χ4n) is 2.77. The van der Waals surface area contributed by atoms with Crippen molar-refractivity contribution in [2.24, 2.45) is 0 Å². The molecule has 0 fully saturated rings. The van der Waals surface area contributed by atoms with Crippen molar-refractivity contribution in [3.05, 3.63) is 53.0 Å². The van der Waals surface area contributed by atoms with Crippen LogP contribution in [0.1, 0.15) is 24.8 Å². The summed E-state index contributed by atoms with van der Waals surface area (Å²) >= 11 is 2.78. The van der Waals surface area contributed by atoms with E-state index in [4.69, 9.17) is 5.11 Å². The number of rotatable bonds is 8. The molecule has 0 spiro atoms. The number of fused-ring (bicyclic) bond motifs is 1. The second-order valence-corrected chi connectivity index (χ2v) is 8.57. The number of carbonyl (C=O) groups is 2. The van der Waals surface area contributed by atoms with Gasteiger partial charge in [-0.1, -0.05) is 13.0 Å². The minimum Gasteiger partial charge on any atom is -0.481 e. The maximum absolute atomic E-state index is 14.0. The Kier molecular flexibility index (Phi) is 6.81. The molecule has 0 aliphatic heterocycles. The molecule has 0 radical (unpaired) electrons. The molecule has 0 saturated heterocycles. The normalized spacial score (nSPS) is 11.0. The van der Waals surface area contributed by atoms with Crippen molar-refractivity contribution in [1.82, 2.24) is 4.98 Å². The SMILES string of the molecule is CCSc1cccc(N(Cc2nc3c(F)c(F)ccc3s2)C(=O)CCC(=O)O)c1. The van der Waals surface area contributed by atoms with E-state index in [9.17, 15) is 18.4 Å². The summed E-state index contributed by atoms with van der Waals surface area (Å²) in [6.45, 7) is 2.06. The van der Waals surface area contributed by atoms with Crippen LogP contribution in [0.5, 0.6) is 0 Å². The number of hydrogen-bond acceptors (Lipinski definition) is 5. The molecule has 0 aliphatic rings. The third kappa shape index (κ3) is 5.10. The molecule has 0 aliphatic carbocycles. The van der Waals surface area contributed by atoms with Gasteiger partial charge in [-0.2, -0.15) is 0 Å². The highest BCUT2D eigenvalue weighted by molar-refractivity contribution is 7.99. The average molecular weight is 437 g/mol. The van der Waals surface area contributed by atoms with Gasteiger partial charge in [-0.3, -0.25) is 9.59 Å². The van der Waals surface area contributed by atoms with Gasteiger partial charge in [-0.25, -0.2) is 13.8 Å². The first-order valence-electron chi connectivity index (χ1n) is 8.87. The van der Waals surface area contributed by atoms with E-state index in [0.717, 1.165) is 16.7 Å². The molecule has 0 saturated carbocycles. The van der Waals surface area contributed by atoms with E-state index in [1.165, 1.54) is 22.3 Å². The van der Waals surface area contributed by atoms with E-state index in [1.807, 2.05) is 25.1 Å². The van der Waals surface area contributed by atoms with Crippen molar-refractivity contribution >= 4 is 50.9 Å². The molecule has 3 rings (SSSR count). The van der Waals surface area contributed by atoms with Crippen LogP contribution in [0.25, 0.3) is 10.2 Å². The molecule has 1 aromatic heterocycles. The number of benzene rings is 2. The number of carboxylic acids is 1. The predicted octanol–water partition coefficient (Wildman–Crippen LogP) is 5.08. The average Bonchev–Trinajstić information content (AvgIpc) is 3.11. The minimum absolute atomic E-state index is 0.0408. The molecule has 1 N–H and O–H groups in total. The van der Waals surface area contributed by atoms with E-state index in [-0.39, 0.29) is 30.8 Å². The van der Waals surface area contributed by atoms with Gasteiger partial charge in [0.05, 0.1) is 17.7 Å². The van der Waals surface area contributed by atoms with Crippen LogP contribution in [0.2, 0.25) is 0 Å². The molecule has 2 aromatic carbocycles. The number of thiazole rings is 1. The van der Waals surface area contributed by atoms with E-state index in [2.05, 4.69) is 4.98 Å². The predicted molar refractivity (Wildman–Crippen MR) is 110 cm³/mol. The van der Waals surface area contributed by atoms with Gasteiger partial charge in [-0.15, -0.1) is 23.1 Å². The Hall–Kier alpha value is -2.52. The minimum atomic E-state index is -1.06. The van der Waals surface area contributed by atoms with Gasteiger partial charge in [0, 0.05) is 17.0 Å². The molecular weight excluding hydrogens is 418 g/mol. The first-order chi connectivity index (χ1) is 13.9. The van der Waals surface area contributed by atoms with Crippen LogP contribution in [0.3, 0.4) is 0 Å². The van der Waals surface area contributed by atoms with Crippen LogP contribution >= 0.6 is 23.1 Å². The molecule has 0 unspecified atom stereocenters. The molecular formula is C20H18F2N2O3S2. The quantitative estimate of drug-likeness (QED) is 0.499. The Balaban J connectivity index is 1.94. The van der Waals surface area contributed by atoms with E-state index in [0.29, 0.717) is 15.4 Å². The zero-order valence-corrected chi connectivity index (χ0v) is 17.2. The second-order valence-electron chi connectivity index (χ2n) is 6.12. The van der Waals surface area contributed by atoms with E-state index in [1.54, 1.807) is 17.8 Å². The topological polar surface area (TPSA) is 70.5 Å². The summed E-state index contributed by atoms with van der Waals surface area (Å²) in [7, 11) is 0. The Morgan fingerprint density at radius 3 is 2.72 bits per heavy atom. The number of amides is 1. The van der Waals surface area contributed by atoms with Gasteiger partial charge >= 0.3 is 5.97 Å². The summed E-state index contributed by atoms with van der Waals surface area (Å²) in [5, 5.41) is 9.34. The van der Waals surface area contributed by atoms with Crippen molar-refractivity contribution in [3.8, 4) is 0 Å². The molecule has 0 bridgehead atoms. The number of aliphatic carboxylic acids is 1.